The predicted molar refractivity (Wildman–Crippen MR) is 64.1 cm³/mol. The molecule has 0 spiro atoms. The molecule has 0 atom stereocenters. The number of alkyl halides is 8. The van der Waals surface area contributed by atoms with Crippen LogP contribution in [0.15, 0.2) is 24.3 Å². The maximum Gasteiger partial charge on any atom is 0.520 e. The monoisotopic (exact) mass is 445 g/mol. The number of benzene rings is 1. The molecule has 0 heterocycles. The Morgan fingerprint density at radius 1 is 0.810 bits per heavy atom. The van der Waals surface area contributed by atoms with Crippen LogP contribution in [0.4, 0.5) is 30.7 Å². The first kappa shape index (κ1) is 18.7. The molecular formula is C12H13F7ISi+. The summed E-state index contributed by atoms with van der Waals surface area (Å²) in [4.78, 5) is 0. The summed E-state index contributed by atoms with van der Waals surface area (Å²) >= 11 is -2.81. The number of rotatable bonds is 4. The third-order valence-corrected chi connectivity index (χ3v) is 7.41. The minimum atomic E-state index is -6.26. The largest absolute Gasteiger partial charge is 0.520 e. The number of hydrogen-bond donors (Lipinski definition) is 0. The van der Waals surface area contributed by atoms with E-state index in [2.05, 4.69) is 0 Å². The van der Waals surface area contributed by atoms with Crippen LogP contribution < -0.4 is 26.4 Å². The summed E-state index contributed by atoms with van der Waals surface area (Å²) in [5.74, 6) is -6.01. The average Bonchev–Trinajstić information content (AvgIpc) is 2.26. The molecule has 0 amide bonds. The number of halogens is 8. The standard InChI is InChI=1S/C12H13F7ISi/c1-21(2,3)9-6-4-8(5-7-9)20-12(18,19)10(13,14)11(15,16)17/h4-7H,1-3H3/q+1. The molecule has 0 N–H and O–H groups in total. The molecule has 21 heavy (non-hydrogen) atoms. The first-order valence-corrected chi connectivity index (χ1v) is 11.4. The fourth-order valence-corrected chi connectivity index (χ4v) is 4.68. The minimum Gasteiger partial charge on any atom is -0.185 e. The van der Waals surface area contributed by atoms with E-state index in [4.69, 9.17) is 0 Å². The van der Waals surface area contributed by atoms with Crippen LogP contribution in [-0.4, -0.2) is 24.1 Å². The van der Waals surface area contributed by atoms with Crippen molar-refractivity contribution in [2.75, 3.05) is 0 Å². The van der Waals surface area contributed by atoms with Crippen molar-refractivity contribution in [3.8, 4) is 0 Å². The predicted octanol–water partition coefficient (Wildman–Crippen LogP) is 1.28. The molecule has 0 unspecified atom stereocenters. The molecular weight excluding hydrogens is 432 g/mol. The van der Waals surface area contributed by atoms with Gasteiger partial charge in [0.25, 0.3) is 0 Å². The van der Waals surface area contributed by atoms with Crippen LogP contribution in [0.5, 0.6) is 0 Å². The van der Waals surface area contributed by atoms with Gasteiger partial charge in [0.1, 0.15) is 0 Å². The van der Waals surface area contributed by atoms with Crippen molar-refractivity contribution < 1.29 is 51.9 Å². The van der Waals surface area contributed by atoms with Gasteiger partial charge in [0.15, 0.2) is 3.57 Å². The van der Waals surface area contributed by atoms with Gasteiger partial charge in [0.2, 0.25) is 0 Å². The van der Waals surface area contributed by atoms with Crippen molar-refractivity contribution in [2.45, 2.75) is 35.7 Å². The minimum absolute atomic E-state index is 0.148. The molecule has 0 aliphatic rings. The summed E-state index contributed by atoms with van der Waals surface area (Å²) < 4.78 is 83.2. The van der Waals surface area contributed by atoms with Crippen LogP contribution in [0.25, 0.3) is 0 Å². The fourth-order valence-electron chi connectivity index (χ4n) is 1.37. The first-order valence-electron chi connectivity index (χ1n) is 5.77. The second-order valence-electron chi connectivity index (χ2n) is 5.42. The third-order valence-electron chi connectivity index (χ3n) is 2.65. The Bertz CT molecular complexity index is 488. The summed E-state index contributed by atoms with van der Waals surface area (Å²) in [6, 6.07) is 5.51. The van der Waals surface area contributed by atoms with Gasteiger partial charge >= 0.3 is 37.2 Å². The van der Waals surface area contributed by atoms with Gasteiger partial charge in [0, 0.05) is 0 Å². The van der Waals surface area contributed by atoms with E-state index >= 15 is 0 Å². The summed E-state index contributed by atoms with van der Waals surface area (Å²) in [5, 5.41) is 0.918. The van der Waals surface area contributed by atoms with Crippen molar-refractivity contribution in [3.05, 3.63) is 27.8 Å². The van der Waals surface area contributed by atoms with E-state index < -0.39 is 45.3 Å². The van der Waals surface area contributed by atoms with E-state index in [1.807, 2.05) is 19.6 Å². The molecule has 0 aliphatic heterocycles. The van der Waals surface area contributed by atoms with Crippen molar-refractivity contribution >= 4 is 13.3 Å². The van der Waals surface area contributed by atoms with Crippen molar-refractivity contribution in [1.29, 1.82) is 0 Å². The zero-order valence-electron chi connectivity index (χ0n) is 11.3. The Kier molecular flexibility index (Phi) is 5.09. The van der Waals surface area contributed by atoms with E-state index in [-0.39, 0.29) is 3.57 Å². The highest BCUT2D eigenvalue weighted by atomic mass is 127. The Labute approximate surface area is 129 Å². The lowest BCUT2D eigenvalue weighted by Crippen LogP contribution is -3.68. The molecule has 9 heteroatoms. The van der Waals surface area contributed by atoms with Gasteiger partial charge in [-0.15, -0.1) is 8.78 Å². The summed E-state index contributed by atoms with van der Waals surface area (Å²) in [6.45, 7) is 6.01. The molecule has 0 fully saturated rings. The van der Waals surface area contributed by atoms with Gasteiger partial charge in [-0.2, -0.15) is 22.0 Å². The third kappa shape index (κ3) is 4.11. The maximum absolute atomic E-state index is 13.3. The lowest BCUT2D eigenvalue weighted by atomic mass is 10.3. The van der Waals surface area contributed by atoms with Gasteiger partial charge in [-0.25, -0.2) is 0 Å². The molecule has 0 aromatic heterocycles. The van der Waals surface area contributed by atoms with Crippen LogP contribution >= 0.6 is 0 Å². The van der Waals surface area contributed by atoms with E-state index in [9.17, 15) is 30.7 Å². The smallest absolute Gasteiger partial charge is 0.185 e. The van der Waals surface area contributed by atoms with E-state index in [0.29, 0.717) is 0 Å². The van der Waals surface area contributed by atoms with Crippen LogP contribution in [-0.2, 0) is 0 Å². The molecule has 1 aromatic carbocycles. The molecule has 0 bridgehead atoms. The SMILES string of the molecule is C[Si](C)(C)c1ccc([I+]C(F)(F)C(F)(F)C(F)(F)F)cc1. The highest BCUT2D eigenvalue weighted by Gasteiger charge is 2.81. The molecule has 120 valence electrons. The lowest BCUT2D eigenvalue weighted by molar-refractivity contribution is -0.790. The van der Waals surface area contributed by atoms with Gasteiger partial charge in [-0.1, -0.05) is 37.0 Å². The van der Waals surface area contributed by atoms with E-state index in [1.54, 1.807) is 0 Å². The van der Waals surface area contributed by atoms with Crippen molar-refractivity contribution in [3.63, 3.8) is 0 Å². The van der Waals surface area contributed by atoms with Gasteiger partial charge in [0.05, 0.1) is 8.07 Å². The summed E-state index contributed by atoms with van der Waals surface area (Å²) in [5.41, 5.74) is 0. The van der Waals surface area contributed by atoms with Gasteiger partial charge in [-0.3, -0.25) is 0 Å². The second-order valence-corrected chi connectivity index (χ2v) is 13.6. The summed E-state index contributed by atoms with van der Waals surface area (Å²) in [6.07, 6.45) is -6.26. The van der Waals surface area contributed by atoms with Crippen LogP contribution in [0, 0.1) is 3.57 Å². The lowest BCUT2D eigenvalue weighted by Gasteiger charge is -2.20. The highest BCUT2D eigenvalue weighted by molar-refractivity contribution is 6.88. The molecule has 0 saturated heterocycles. The Balaban J connectivity index is 3.00. The maximum atomic E-state index is 13.3. The normalized spacial score (nSPS) is 14.4. The second kappa shape index (κ2) is 5.71. The van der Waals surface area contributed by atoms with E-state index in [1.165, 1.54) is 24.3 Å². The van der Waals surface area contributed by atoms with E-state index in [0.717, 1.165) is 5.19 Å². The Morgan fingerprint density at radius 2 is 1.24 bits per heavy atom. The molecule has 0 aliphatic carbocycles. The topological polar surface area (TPSA) is 0 Å². The van der Waals surface area contributed by atoms with Crippen LogP contribution in [0.2, 0.25) is 19.6 Å². The Morgan fingerprint density at radius 3 is 1.57 bits per heavy atom. The van der Waals surface area contributed by atoms with Crippen LogP contribution in [0.3, 0.4) is 0 Å². The van der Waals surface area contributed by atoms with Crippen molar-refractivity contribution in [1.82, 2.24) is 0 Å². The molecule has 1 rings (SSSR count). The molecule has 1 aromatic rings. The quantitative estimate of drug-likeness (QED) is 0.284. The molecule has 0 nitrogen and oxygen atoms in total. The summed E-state index contributed by atoms with van der Waals surface area (Å²) in [7, 11) is -1.68. The number of hydrogen-bond acceptors (Lipinski definition) is 0. The Hall–Kier alpha value is -0.323. The zero-order valence-corrected chi connectivity index (χ0v) is 14.5. The fraction of sp³-hybridized carbons (Fsp3) is 0.500. The first-order chi connectivity index (χ1) is 9.18. The molecule has 0 saturated carbocycles. The van der Waals surface area contributed by atoms with Crippen LogP contribution in [0.1, 0.15) is 0 Å². The average molecular weight is 445 g/mol. The molecule has 0 radical (unpaired) electrons. The van der Waals surface area contributed by atoms with Gasteiger partial charge in [-0.05, 0) is 12.1 Å². The highest BCUT2D eigenvalue weighted by Crippen LogP contribution is 2.42. The van der Waals surface area contributed by atoms with Gasteiger partial charge < -0.3 is 0 Å². The van der Waals surface area contributed by atoms with Crippen molar-refractivity contribution in [2.24, 2.45) is 0 Å². The zero-order chi connectivity index (χ0) is 16.7.